The Bertz CT molecular complexity index is 1200. The molecular weight excluding hydrogens is 374 g/mol. The van der Waals surface area contributed by atoms with Crippen molar-refractivity contribution in [3.8, 4) is 28.1 Å². The number of carboxylic acid groups (broad SMARTS) is 1. The van der Waals surface area contributed by atoms with Crippen LogP contribution in [0.2, 0.25) is 0 Å². The Kier molecular flexibility index (Phi) is 4.66. The maximum atomic E-state index is 12.1. The first-order valence-electron chi connectivity index (χ1n) is 8.68. The number of hydrogen-bond donors (Lipinski definition) is 3. The normalized spacial score (nSPS) is 10.8. The Morgan fingerprint density at radius 3 is 2.31 bits per heavy atom. The minimum Gasteiger partial charge on any atom is -0.505 e. The summed E-state index contributed by atoms with van der Waals surface area (Å²) in [6, 6.07) is 17.4. The number of amides is 1. The van der Waals surface area contributed by atoms with Gasteiger partial charge in [0.15, 0.2) is 17.0 Å². The fourth-order valence-electron chi connectivity index (χ4n) is 2.98. The quantitative estimate of drug-likeness (QED) is 0.479. The molecule has 0 unspecified atom stereocenters. The van der Waals surface area contributed by atoms with Crippen LogP contribution in [0.1, 0.15) is 10.5 Å². The van der Waals surface area contributed by atoms with Crippen molar-refractivity contribution < 1.29 is 24.3 Å². The second-order valence-electron chi connectivity index (χ2n) is 6.25. The fraction of sp³-hybridized carbons (Fsp3) is 0.0476. The summed E-state index contributed by atoms with van der Waals surface area (Å²) < 4.78 is 5.23. The lowest BCUT2D eigenvalue weighted by molar-refractivity contribution is -0.135. The van der Waals surface area contributed by atoms with Crippen LogP contribution in [0.4, 0.5) is 0 Å². The predicted molar refractivity (Wildman–Crippen MR) is 104 cm³/mol. The number of benzene rings is 2. The molecule has 0 aliphatic heterocycles. The number of hydrogen-bond acceptors (Lipinski definition) is 6. The SMILES string of the molecule is O=C(O)CNC(=O)c1ncc2onc(-c3ccc(-c4ccccc4)cc3)c2c1O. The van der Waals surface area contributed by atoms with Crippen LogP contribution < -0.4 is 5.32 Å². The first-order chi connectivity index (χ1) is 14.0. The molecule has 29 heavy (non-hydrogen) atoms. The van der Waals surface area contributed by atoms with Gasteiger partial charge in [0.1, 0.15) is 12.2 Å². The zero-order valence-electron chi connectivity index (χ0n) is 15.0. The van der Waals surface area contributed by atoms with E-state index in [0.29, 0.717) is 11.3 Å². The lowest BCUT2D eigenvalue weighted by Gasteiger charge is -2.06. The van der Waals surface area contributed by atoms with E-state index in [-0.39, 0.29) is 16.7 Å². The number of fused-ring (bicyclic) bond motifs is 1. The molecule has 144 valence electrons. The molecule has 0 saturated heterocycles. The van der Waals surface area contributed by atoms with Crippen molar-refractivity contribution in [3.63, 3.8) is 0 Å². The number of pyridine rings is 1. The van der Waals surface area contributed by atoms with Gasteiger partial charge < -0.3 is 20.1 Å². The molecular formula is C21H15N3O5. The molecule has 3 N–H and O–H groups in total. The van der Waals surface area contributed by atoms with Crippen molar-refractivity contribution in [2.24, 2.45) is 0 Å². The third kappa shape index (κ3) is 3.51. The van der Waals surface area contributed by atoms with Gasteiger partial charge in [0, 0.05) is 5.56 Å². The van der Waals surface area contributed by atoms with Crippen LogP contribution in [-0.2, 0) is 4.79 Å². The zero-order valence-corrected chi connectivity index (χ0v) is 15.0. The maximum Gasteiger partial charge on any atom is 0.322 e. The summed E-state index contributed by atoms with van der Waals surface area (Å²) in [5.74, 6) is -2.43. The molecule has 0 spiro atoms. The Balaban J connectivity index is 1.72. The fourth-order valence-corrected chi connectivity index (χ4v) is 2.98. The van der Waals surface area contributed by atoms with Gasteiger partial charge in [0.2, 0.25) is 0 Å². The highest BCUT2D eigenvalue weighted by atomic mass is 16.5. The summed E-state index contributed by atoms with van der Waals surface area (Å²) >= 11 is 0. The summed E-state index contributed by atoms with van der Waals surface area (Å²) in [6.07, 6.45) is 1.26. The third-order valence-electron chi connectivity index (χ3n) is 4.37. The monoisotopic (exact) mass is 389 g/mol. The molecule has 8 nitrogen and oxygen atoms in total. The second-order valence-corrected chi connectivity index (χ2v) is 6.25. The molecule has 0 aliphatic carbocycles. The van der Waals surface area contributed by atoms with Crippen LogP contribution in [0.5, 0.6) is 5.75 Å². The number of aliphatic carboxylic acids is 1. The van der Waals surface area contributed by atoms with Crippen LogP contribution in [0, 0.1) is 0 Å². The molecule has 8 heteroatoms. The highest BCUT2D eigenvalue weighted by Gasteiger charge is 2.22. The van der Waals surface area contributed by atoms with E-state index in [1.54, 1.807) is 0 Å². The Morgan fingerprint density at radius 2 is 1.62 bits per heavy atom. The van der Waals surface area contributed by atoms with Gasteiger partial charge in [-0.25, -0.2) is 4.98 Å². The van der Waals surface area contributed by atoms with Gasteiger partial charge in [0.25, 0.3) is 5.91 Å². The number of nitrogens with zero attached hydrogens (tertiary/aromatic N) is 2. The number of aromatic nitrogens is 2. The molecule has 0 saturated carbocycles. The van der Waals surface area contributed by atoms with Crippen molar-refractivity contribution in [2.75, 3.05) is 6.54 Å². The standard InChI is InChI=1S/C21H15N3O5/c25-16(26)11-23-21(28)19-20(27)17-15(10-22-19)29-24-18(17)14-8-6-13(7-9-14)12-4-2-1-3-5-12/h1-10,27H,11H2,(H,23,28)(H,25,26). The number of carbonyl (C=O) groups excluding carboxylic acids is 1. The predicted octanol–water partition coefficient (Wildman–Crippen LogP) is 3.08. The van der Waals surface area contributed by atoms with Gasteiger partial charge in [-0.1, -0.05) is 59.8 Å². The topological polar surface area (TPSA) is 126 Å². The minimum atomic E-state index is -1.21. The van der Waals surface area contributed by atoms with E-state index in [1.807, 2.05) is 54.6 Å². The van der Waals surface area contributed by atoms with E-state index in [4.69, 9.17) is 9.63 Å². The van der Waals surface area contributed by atoms with E-state index in [2.05, 4.69) is 15.5 Å². The summed E-state index contributed by atoms with van der Waals surface area (Å²) in [5.41, 5.74) is 3.02. The smallest absolute Gasteiger partial charge is 0.322 e. The van der Waals surface area contributed by atoms with Gasteiger partial charge >= 0.3 is 5.97 Å². The molecule has 0 radical (unpaired) electrons. The number of aromatic hydroxyl groups is 1. The van der Waals surface area contributed by atoms with Crippen molar-refractivity contribution in [3.05, 3.63) is 66.5 Å². The summed E-state index contributed by atoms with van der Waals surface area (Å²) in [4.78, 5) is 26.6. The molecule has 1 amide bonds. The van der Waals surface area contributed by atoms with E-state index >= 15 is 0 Å². The number of nitrogens with one attached hydrogen (secondary N) is 1. The van der Waals surface area contributed by atoms with Crippen molar-refractivity contribution in [2.45, 2.75) is 0 Å². The summed E-state index contributed by atoms with van der Waals surface area (Å²) in [5, 5.41) is 25.7. The van der Waals surface area contributed by atoms with Gasteiger partial charge in [-0.15, -0.1) is 0 Å². The molecule has 4 aromatic rings. The van der Waals surface area contributed by atoms with Crippen LogP contribution in [0.15, 0.2) is 65.3 Å². The third-order valence-corrected chi connectivity index (χ3v) is 4.37. The molecule has 2 aromatic carbocycles. The Hall–Kier alpha value is -4.20. The van der Waals surface area contributed by atoms with Crippen molar-refractivity contribution in [1.82, 2.24) is 15.5 Å². The molecule has 0 atom stereocenters. The molecule has 0 bridgehead atoms. The first kappa shape index (κ1) is 18.2. The van der Waals surface area contributed by atoms with Crippen LogP contribution in [0.3, 0.4) is 0 Å². The van der Waals surface area contributed by atoms with Crippen molar-refractivity contribution in [1.29, 1.82) is 0 Å². The highest BCUT2D eigenvalue weighted by Crippen LogP contribution is 2.36. The van der Waals surface area contributed by atoms with Crippen molar-refractivity contribution >= 4 is 22.8 Å². The van der Waals surface area contributed by atoms with Crippen LogP contribution >= 0.6 is 0 Å². The molecule has 0 fully saturated rings. The molecule has 2 aromatic heterocycles. The van der Waals surface area contributed by atoms with Gasteiger partial charge in [0.05, 0.1) is 11.6 Å². The average molecular weight is 389 g/mol. The van der Waals surface area contributed by atoms with E-state index in [9.17, 15) is 14.7 Å². The number of rotatable bonds is 5. The average Bonchev–Trinajstić information content (AvgIpc) is 3.18. The number of carbonyl (C=O) groups is 2. The van der Waals surface area contributed by atoms with Crippen LogP contribution in [-0.4, -0.2) is 38.8 Å². The van der Waals surface area contributed by atoms with E-state index < -0.39 is 24.2 Å². The zero-order chi connectivity index (χ0) is 20.4. The highest BCUT2D eigenvalue weighted by molar-refractivity contribution is 6.05. The number of carboxylic acids is 1. The minimum absolute atomic E-state index is 0.208. The lowest BCUT2D eigenvalue weighted by atomic mass is 10.0. The molecule has 4 rings (SSSR count). The lowest BCUT2D eigenvalue weighted by Crippen LogP contribution is -2.29. The summed E-state index contributed by atoms with van der Waals surface area (Å²) in [7, 11) is 0. The largest absolute Gasteiger partial charge is 0.505 e. The van der Waals surface area contributed by atoms with Gasteiger partial charge in [-0.3, -0.25) is 9.59 Å². The Morgan fingerprint density at radius 1 is 0.966 bits per heavy atom. The van der Waals surface area contributed by atoms with E-state index in [1.165, 1.54) is 6.20 Å². The molecule has 2 heterocycles. The van der Waals surface area contributed by atoms with Gasteiger partial charge in [-0.05, 0) is 11.1 Å². The molecule has 0 aliphatic rings. The van der Waals surface area contributed by atoms with Gasteiger partial charge in [-0.2, -0.15) is 0 Å². The second kappa shape index (κ2) is 7.43. The summed E-state index contributed by atoms with van der Waals surface area (Å²) in [6.45, 7) is -0.588. The van der Waals surface area contributed by atoms with E-state index in [0.717, 1.165) is 11.1 Å². The first-order valence-corrected chi connectivity index (χ1v) is 8.68. The maximum absolute atomic E-state index is 12.1. The van der Waals surface area contributed by atoms with Crippen LogP contribution in [0.25, 0.3) is 33.4 Å². The Labute approximate surface area is 164 Å².